The Morgan fingerprint density at radius 1 is 1.57 bits per heavy atom. The second-order valence-corrected chi connectivity index (χ2v) is 3.31. The molecule has 1 rings (SSSR count). The minimum atomic E-state index is 0.0829. The third-order valence-electron chi connectivity index (χ3n) is 2.33. The Labute approximate surface area is 84.3 Å². The molecule has 1 aromatic heterocycles. The Hall–Kier alpha value is -1.32. The molecule has 1 radical (unpaired) electrons. The molecule has 14 heavy (non-hydrogen) atoms. The van der Waals surface area contributed by atoms with Crippen molar-refractivity contribution in [1.82, 2.24) is 14.9 Å². The molecule has 0 unspecified atom stereocenters. The molecule has 1 N–H and O–H groups in total. The van der Waals surface area contributed by atoms with Crippen LogP contribution in [0.25, 0.3) is 0 Å². The van der Waals surface area contributed by atoms with Crippen molar-refractivity contribution in [3.63, 3.8) is 0 Å². The fourth-order valence-electron chi connectivity index (χ4n) is 1.23. The Balaban J connectivity index is 2.39. The summed E-state index contributed by atoms with van der Waals surface area (Å²) in [5.74, 6) is 0.0829. The molecule has 0 fully saturated rings. The molecule has 1 aromatic rings. The number of aromatic nitrogens is 2. The zero-order valence-corrected chi connectivity index (χ0v) is 8.92. The molecule has 1 amide bonds. The third-order valence-corrected chi connectivity index (χ3v) is 2.33. The third kappa shape index (κ3) is 2.58. The van der Waals surface area contributed by atoms with Crippen molar-refractivity contribution in [2.24, 2.45) is 0 Å². The van der Waals surface area contributed by atoms with Gasteiger partial charge in [-0.2, -0.15) is 0 Å². The van der Waals surface area contributed by atoms with Gasteiger partial charge in [0.1, 0.15) is 0 Å². The van der Waals surface area contributed by atoms with Gasteiger partial charge in [0.15, 0.2) is 6.33 Å². The predicted molar refractivity (Wildman–Crippen MR) is 53.8 cm³/mol. The van der Waals surface area contributed by atoms with Crippen molar-refractivity contribution in [3.05, 3.63) is 17.7 Å². The van der Waals surface area contributed by atoms with E-state index in [1.54, 1.807) is 7.05 Å². The second kappa shape index (κ2) is 4.79. The number of aryl methyl sites for hydroxylation is 2. The fraction of sp³-hybridized carbons (Fsp3) is 0.600. The van der Waals surface area contributed by atoms with Gasteiger partial charge in [-0.3, -0.25) is 4.79 Å². The van der Waals surface area contributed by atoms with E-state index in [0.29, 0.717) is 6.42 Å². The number of nitrogens with zero attached hydrogens (tertiary/aromatic N) is 2. The van der Waals surface area contributed by atoms with Crippen molar-refractivity contribution in [2.45, 2.75) is 33.2 Å². The average molecular weight is 194 g/mol. The highest BCUT2D eigenvalue weighted by atomic mass is 16.1. The van der Waals surface area contributed by atoms with Crippen LogP contribution in [0.2, 0.25) is 0 Å². The fourth-order valence-corrected chi connectivity index (χ4v) is 1.23. The highest BCUT2D eigenvalue weighted by molar-refractivity contribution is 5.75. The van der Waals surface area contributed by atoms with E-state index in [0.717, 1.165) is 24.4 Å². The Morgan fingerprint density at radius 2 is 2.29 bits per heavy atom. The normalized spacial score (nSPS) is 10.2. The molecule has 77 valence electrons. The predicted octanol–water partition coefficient (Wildman–Crippen LogP) is 0.826. The summed E-state index contributed by atoms with van der Waals surface area (Å²) < 4.78 is 1.96. The summed E-state index contributed by atoms with van der Waals surface area (Å²) >= 11 is 0. The molecule has 0 saturated carbocycles. The van der Waals surface area contributed by atoms with Crippen LogP contribution in [0.4, 0.5) is 0 Å². The van der Waals surface area contributed by atoms with Crippen molar-refractivity contribution in [1.29, 1.82) is 0 Å². The number of hydrogen-bond acceptors (Lipinski definition) is 2. The van der Waals surface area contributed by atoms with Gasteiger partial charge in [-0.1, -0.05) is 0 Å². The van der Waals surface area contributed by atoms with E-state index in [1.807, 2.05) is 18.4 Å². The van der Waals surface area contributed by atoms with Crippen molar-refractivity contribution in [2.75, 3.05) is 7.05 Å². The number of nitrogens with one attached hydrogen (secondary N) is 1. The average Bonchev–Trinajstić information content (AvgIpc) is 2.49. The van der Waals surface area contributed by atoms with Crippen LogP contribution in [0.3, 0.4) is 0 Å². The Morgan fingerprint density at radius 3 is 2.79 bits per heavy atom. The van der Waals surface area contributed by atoms with E-state index < -0.39 is 0 Å². The summed E-state index contributed by atoms with van der Waals surface area (Å²) in [7, 11) is 1.65. The van der Waals surface area contributed by atoms with Crippen LogP contribution in [0.5, 0.6) is 0 Å². The van der Waals surface area contributed by atoms with Crippen LogP contribution in [0, 0.1) is 20.2 Å². The van der Waals surface area contributed by atoms with Crippen LogP contribution in [-0.2, 0) is 11.3 Å². The van der Waals surface area contributed by atoms with Crippen LogP contribution in [0.1, 0.15) is 24.2 Å². The van der Waals surface area contributed by atoms with Crippen molar-refractivity contribution in [3.8, 4) is 0 Å². The van der Waals surface area contributed by atoms with E-state index in [-0.39, 0.29) is 5.91 Å². The van der Waals surface area contributed by atoms with Gasteiger partial charge >= 0.3 is 0 Å². The Bertz CT molecular complexity index is 317. The van der Waals surface area contributed by atoms with Crippen molar-refractivity contribution >= 4 is 5.91 Å². The number of amides is 1. The summed E-state index contributed by atoms with van der Waals surface area (Å²) in [5, 5.41) is 2.60. The number of imidazole rings is 1. The zero-order valence-electron chi connectivity index (χ0n) is 8.92. The van der Waals surface area contributed by atoms with Gasteiger partial charge in [0.25, 0.3) is 0 Å². The van der Waals surface area contributed by atoms with Crippen LogP contribution in [0.15, 0.2) is 0 Å². The minimum Gasteiger partial charge on any atom is -0.359 e. The molecule has 0 saturated heterocycles. The monoisotopic (exact) mass is 194 g/mol. The maximum atomic E-state index is 10.9. The highest BCUT2D eigenvalue weighted by Gasteiger charge is 2.03. The summed E-state index contributed by atoms with van der Waals surface area (Å²) in [6, 6.07) is 0. The minimum absolute atomic E-state index is 0.0829. The smallest absolute Gasteiger partial charge is 0.219 e. The molecular formula is C10H16N3O. The van der Waals surface area contributed by atoms with Crippen LogP contribution < -0.4 is 5.32 Å². The molecule has 0 atom stereocenters. The number of hydrogen-bond donors (Lipinski definition) is 1. The first-order valence-corrected chi connectivity index (χ1v) is 4.77. The number of carbonyl (C=O) groups is 1. The van der Waals surface area contributed by atoms with Gasteiger partial charge in [-0.05, 0) is 20.3 Å². The van der Waals surface area contributed by atoms with E-state index in [9.17, 15) is 4.79 Å². The van der Waals surface area contributed by atoms with Gasteiger partial charge in [-0.15, -0.1) is 0 Å². The van der Waals surface area contributed by atoms with E-state index in [1.165, 1.54) is 0 Å². The second-order valence-electron chi connectivity index (χ2n) is 3.31. The molecule has 0 aliphatic rings. The lowest BCUT2D eigenvalue weighted by Crippen LogP contribution is -2.17. The first kappa shape index (κ1) is 10.8. The largest absolute Gasteiger partial charge is 0.359 e. The highest BCUT2D eigenvalue weighted by Crippen LogP contribution is 2.05. The van der Waals surface area contributed by atoms with E-state index >= 15 is 0 Å². The first-order valence-electron chi connectivity index (χ1n) is 4.77. The van der Waals surface area contributed by atoms with E-state index in [4.69, 9.17) is 0 Å². The molecular weight excluding hydrogens is 178 g/mol. The lowest BCUT2D eigenvalue weighted by molar-refractivity contribution is -0.120. The van der Waals surface area contributed by atoms with Gasteiger partial charge in [-0.25, -0.2) is 4.98 Å². The van der Waals surface area contributed by atoms with Gasteiger partial charge in [0, 0.05) is 25.7 Å². The lowest BCUT2D eigenvalue weighted by Gasteiger charge is -2.03. The number of carbonyl (C=O) groups excluding carboxylic acids is 1. The summed E-state index contributed by atoms with van der Waals surface area (Å²) in [4.78, 5) is 15.0. The van der Waals surface area contributed by atoms with E-state index in [2.05, 4.69) is 16.6 Å². The number of rotatable bonds is 4. The quantitative estimate of drug-likeness (QED) is 0.771. The molecule has 0 aliphatic heterocycles. The van der Waals surface area contributed by atoms with Gasteiger partial charge in [0.05, 0.1) is 5.69 Å². The maximum Gasteiger partial charge on any atom is 0.219 e. The Kier molecular flexibility index (Phi) is 3.68. The molecule has 1 heterocycles. The molecule has 0 aromatic carbocycles. The van der Waals surface area contributed by atoms with Gasteiger partial charge in [0.2, 0.25) is 5.91 Å². The molecule has 4 heteroatoms. The summed E-state index contributed by atoms with van der Waals surface area (Å²) in [5.41, 5.74) is 2.13. The molecule has 0 bridgehead atoms. The summed E-state index contributed by atoms with van der Waals surface area (Å²) in [6.45, 7) is 4.78. The molecule has 4 nitrogen and oxygen atoms in total. The standard InChI is InChI=1S/C10H16N3O/c1-8-9(2)13(7-12-8)6-4-5-10(14)11-3/h4-6H2,1-3H3,(H,11,14). The van der Waals surface area contributed by atoms with Crippen LogP contribution in [-0.4, -0.2) is 22.5 Å². The SMILES string of the molecule is CNC(=O)CCCn1[c]nc(C)c1C. The summed E-state index contributed by atoms with van der Waals surface area (Å²) in [6.07, 6.45) is 4.28. The molecule has 0 spiro atoms. The zero-order chi connectivity index (χ0) is 10.6. The van der Waals surface area contributed by atoms with Crippen LogP contribution >= 0.6 is 0 Å². The van der Waals surface area contributed by atoms with Gasteiger partial charge < -0.3 is 9.88 Å². The molecule has 0 aliphatic carbocycles. The first-order chi connectivity index (χ1) is 6.65. The lowest BCUT2D eigenvalue weighted by atomic mass is 10.3. The maximum absolute atomic E-state index is 10.9. The van der Waals surface area contributed by atoms with Crippen molar-refractivity contribution < 1.29 is 4.79 Å². The topological polar surface area (TPSA) is 46.9 Å².